The summed E-state index contributed by atoms with van der Waals surface area (Å²) < 4.78 is 0. The minimum Gasteiger partial charge on any atom is -0.361 e. The van der Waals surface area contributed by atoms with Crippen LogP contribution in [-0.2, 0) is 21.7 Å². The summed E-state index contributed by atoms with van der Waals surface area (Å²) >= 11 is 0. The fourth-order valence-corrected chi connectivity index (χ4v) is 6.01. The molecule has 2 aliphatic carbocycles. The Hall–Kier alpha value is -2.18. The first-order valence-electron chi connectivity index (χ1n) is 11.8. The fraction of sp³-hybridized carbons (Fsp3) is 0.552. The number of hydrogen-bond acceptors (Lipinski definition) is 0. The lowest BCUT2D eigenvalue weighted by molar-refractivity contribution is -0.00316. The van der Waals surface area contributed by atoms with Gasteiger partial charge in [-0.25, -0.2) is 0 Å². The van der Waals surface area contributed by atoms with Crippen LogP contribution < -0.4 is 0 Å². The first kappa shape index (κ1) is 22.0. The summed E-state index contributed by atoms with van der Waals surface area (Å²) in [6, 6.07) is 12.8. The molecule has 0 spiro atoms. The monoisotopic (exact) mass is 414 g/mol. The second-order valence-electron chi connectivity index (χ2n) is 12.4. The van der Waals surface area contributed by atoms with E-state index in [0.717, 1.165) is 24.1 Å². The van der Waals surface area contributed by atoms with Gasteiger partial charge in [-0.15, -0.1) is 0 Å². The Balaban J connectivity index is 2.23. The zero-order chi connectivity index (χ0) is 22.8. The molecule has 0 atom stereocenters. The van der Waals surface area contributed by atoms with Crippen molar-refractivity contribution in [2.24, 2.45) is 0 Å². The summed E-state index contributed by atoms with van der Waals surface area (Å²) in [5.74, 6) is 0. The summed E-state index contributed by atoms with van der Waals surface area (Å²) in [6.07, 6.45) is 4.62. The van der Waals surface area contributed by atoms with Crippen LogP contribution in [0.25, 0.3) is 5.53 Å². The molecule has 164 valence electrons. The SMILES string of the molecule is CC1(C)CCC(C)(C)c2c1cc1c(c2C(=[N+]=[N-])c2ccccc2)C(C)(C)CCC1(C)C. The molecule has 0 saturated heterocycles. The number of nitrogens with zero attached hydrogens (tertiary/aromatic N) is 2. The van der Waals surface area contributed by atoms with Crippen molar-refractivity contribution in [3.05, 3.63) is 75.3 Å². The minimum absolute atomic E-state index is 0.0254. The maximum atomic E-state index is 10.4. The Morgan fingerprint density at radius 2 is 1.10 bits per heavy atom. The average Bonchev–Trinajstić information content (AvgIpc) is 2.70. The molecule has 0 aromatic heterocycles. The molecule has 0 fully saturated rings. The van der Waals surface area contributed by atoms with Crippen molar-refractivity contribution >= 4 is 5.71 Å². The van der Waals surface area contributed by atoms with Crippen molar-refractivity contribution < 1.29 is 4.79 Å². The molecule has 2 aromatic carbocycles. The summed E-state index contributed by atoms with van der Waals surface area (Å²) in [4.78, 5) is 3.99. The molecule has 0 N–H and O–H groups in total. The van der Waals surface area contributed by atoms with Gasteiger partial charge in [0.1, 0.15) is 0 Å². The van der Waals surface area contributed by atoms with E-state index in [1.807, 2.05) is 18.2 Å². The van der Waals surface area contributed by atoms with Gasteiger partial charge < -0.3 is 5.53 Å². The van der Waals surface area contributed by atoms with Crippen molar-refractivity contribution in [2.75, 3.05) is 0 Å². The van der Waals surface area contributed by atoms with E-state index in [4.69, 9.17) is 0 Å². The third-order valence-corrected chi connectivity index (χ3v) is 8.27. The highest BCUT2D eigenvalue weighted by atomic mass is 14.9. The van der Waals surface area contributed by atoms with Gasteiger partial charge in [-0.1, -0.05) is 79.7 Å². The zero-order valence-corrected chi connectivity index (χ0v) is 20.7. The molecule has 0 aliphatic heterocycles. The van der Waals surface area contributed by atoms with Gasteiger partial charge in [-0.3, -0.25) is 0 Å². The van der Waals surface area contributed by atoms with Crippen LogP contribution in [-0.4, -0.2) is 10.5 Å². The predicted octanol–water partition coefficient (Wildman–Crippen LogP) is 7.45. The van der Waals surface area contributed by atoms with Crippen molar-refractivity contribution in [3.63, 3.8) is 0 Å². The van der Waals surface area contributed by atoms with Crippen molar-refractivity contribution in [1.29, 1.82) is 0 Å². The van der Waals surface area contributed by atoms with E-state index >= 15 is 0 Å². The van der Waals surface area contributed by atoms with Crippen molar-refractivity contribution in [2.45, 2.75) is 103 Å². The summed E-state index contributed by atoms with van der Waals surface area (Å²) in [6.45, 7) is 19.0. The summed E-state index contributed by atoms with van der Waals surface area (Å²) in [5.41, 5.74) is 19.3. The van der Waals surface area contributed by atoms with Crippen LogP contribution in [0, 0.1) is 0 Å². The van der Waals surface area contributed by atoms with Gasteiger partial charge in [-0.2, -0.15) is 4.79 Å². The molecule has 4 rings (SSSR count). The fourth-order valence-electron chi connectivity index (χ4n) is 6.01. The lowest BCUT2D eigenvalue weighted by atomic mass is 9.55. The quantitative estimate of drug-likeness (QED) is 0.278. The first-order valence-corrected chi connectivity index (χ1v) is 11.8. The molecule has 2 aliphatic rings. The lowest BCUT2D eigenvalue weighted by Crippen LogP contribution is -2.42. The smallest absolute Gasteiger partial charge is 0.330 e. The Kier molecular flexibility index (Phi) is 4.91. The molecule has 2 heteroatoms. The number of benzene rings is 2. The first-order chi connectivity index (χ1) is 14.3. The van der Waals surface area contributed by atoms with Crippen molar-refractivity contribution in [1.82, 2.24) is 0 Å². The van der Waals surface area contributed by atoms with Crippen LogP contribution >= 0.6 is 0 Å². The molecular weight excluding hydrogens is 376 g/mol. The van der Waals surface area contributed by atoms with Crippen LogP contribution in [0.5, 0.6) is 0 Å². The van der Waals surface area contributed by atoms with Crippen molar-refractivity contribution in [3.8, 4) is 0 Å². The van der Waals surface area contributed by atoms with Crippen LogP contribution in [0.2, 0.25) is 0 Å². The summed E-state index contributed by atoms with van der Waals surface area (Å²) in [7, 11) is 0. The van der Waals surface area contributed by atoms with Gasteiger partial charge in [-0.05, 0) is 81.7 Å². The van der Waals surface area contributed by atoms with Gasteiger partial charge >= 0.3 is 5.71 Å². The second kappa shape index (κ2) is 6.91. The Bertz CT molecular complexity index is 1020. The van der Waals surface area contributed by atoms with Gasteiger partial charge in [0.15, 0.2) is 0 Å². The second-order valence-corrected chi connectivity index (χ2v) is 12.4. The minimum atomic E-state index is 0.0254. The van der Waals surface area contributed by atoms with Gasteiger partial charge in [0.2, 0.25) is 0 Å². The Morgan fingerprint density at radius 1 is 0.677 bits per heavy atom. The van der Waals surface area contributed by atoms with E-state index in [0.29, 0.717) is 0 Å². The third kappa shape index (κ3) is 3.40. The Labute approximate surface area is 188 Å². The molecule has 0 unspecified atom stereocenters. The van der Waals surface area contributed by atoms with E-state index in [2.05, 4.69) is 78.4 Å². The lowest BCUT2D eigenvalue weighted by Gasteiger charge is -2.48. The van der Waals surface area contributed by atoms with E-state index in [9.17, 15) is 5.53 Å². The van der Waals surface area contributed by atoms with Gasteiger partial charge in [0.05, 0.1) is 11.1 Å². The molecule has 2 nitrogen and oxygen atoms in total. The molecule has 0 radical (unpaired) electrons. The normalized spacial score (nSPS) is 22.1. The molecular formula is C29H38N2. The van der Waals surface area contributed by atoms with Crippen LogP contribution in [0.3, 0.4) is 0 Å². The number of rotatable bonds is 2. The molecule has 31 heavy (non-hydrogen) atoms. The van der Waals surface area contributed by atoms with Crippen LogP contribution in [0.4, 0.5) is 0 Å². The largest absolute Gasteiger partial charge is 0.361 e. The standard InChI is InChI=1S/C29H38N2/c1-26(2)14-16-28(5,6)23-20(26)18-21-24(29(7,8)17-15-27(21,3)4)22(23)25(31-30)19-12-10-9-11-13-19/h9-13,18H,14-17H2,1-8H3. The number of hydrogen-bond donors (Lipinski definition) is 0. The van der Waals surface area contributed by atoms with Gasteiger partial charge in [0.25, 0.3) is 0 Å². The van der Waals surface area contributed by atoms with E-state index in [1.54, 1.807) is 0 Å². The van der Waals surface area contributed by atoms with E-state index < -0.39 is 0 Å². The third-order valence-electron chi connectivity index (χ3n) is 8.27. The zero-order valence-electron chi connectivity index (χ0n) is 20.7. The summed E-state index contributed by atoms with van der Waals surface area (Å²) in [5, 5.41) is 0. The highest BCUT2D eigenvalue weighted by molar-refractivity contribution is 6.12. The van der Waals surface area contributed by atoms with E-state index in [1.165, 1.54) is 40.7 Å². The molecule has 0 saturated carbocycles. The molecule has 0 bridgehead atoms. The molecule has 0 heterocycles. The average molecular weight is 415 g/mol. The highest BCUT2D eigenvalue weighted by Gasteiger charge is 2.48. The number of fused-ring (bicyclic) bond motifs is 2. The topological polar surface area (TPSA) is 36.4 Å². The maximum Gasteiger partial charge on any atom is 0.330 e. The van der Waals surface area contributed by atoms with Crippen LogP contribution in [0.15, 0.2) is 36.4 Å². The Morgan fingerprint density at radius 3 is 1.52 bits per heavy atom. The maximum absolute atomic E-state index is 10.4. The van der Waals surface area contributed by atoms with Crippen LogP contribution in [0.1, 0.15) is 114 Å². The highest BCUT2D eigenvalue weighted by Crippen LogP contribution is 2.55. The van der Waals surface area contributed by atoms with E-state index in [-0.39, 0.29) is 21.7 Å². The predicted molar refractivity (Wildman–Crippen MR) is 130 cm³/mol. The molecule has 2 aromatic rings. The van der Waals surface area contributed by atoms with Gasteiger partial charge in [0, 0.05) is 0 Å². The molecule has 0 amide bonds.